The van der Waals surface area contributed by atoms with Crippen molar-refractivity contribution in [1.82, 2.24) is 19.6 Å². The topological polar surface area (TPSA) is 57.7 Å². The molecule has 0 N–H and O–H groups in total. The van der Waals surface area contributed by atoms with Crippen molar-refractivity contribution in [1.29, 1.82) is 0 Å². The summed E-state index contributed by atoms with van der Waals surface area (Å²) >= 11 is 0. The van der Waals surface area contributed by atoms with Gasteiger partial charge >= 0.3 is 5.97 Å². The van der Waals surface area contributed by atoms with Gasteiger partial charge < -0.3 is 14.5 Å². The Morgan fingerprint density at radius 2 is 1.26 bits per heavy atom. The van der Waals surface area contributed by atoms with Gasteiger partial charge in [-0.25, -0.2) is 9.78 Å². The van der Waals surface area contributed by atoms with Crippen LogP contribution in [0.2, 0.25) is 0 Å². The van der Waals surface area contributed by atoms with Crippen LogP contribution in [-0.4, -0.2) is 118 Å². The number of hydrogen-bond donors (Lipinski definition) is 0. The summed E-state index contributed by atoms with van der Waals surface area (Å²) in [4.78, 5) is 32.3. The molecule has 0 radical (unpaired) electrons. The number of benzene rings is 1. The Balaban J connectivity index is 1.98. The van der Waals surface area contributed by atoms with Crippen LogP contribution in [0.4, 0.5) is 0 Å². The van der Waals surface area contributed by atoms with Gasteiger partial charge in [0.2, 0.25) is 0 Å². The number of nitrogens with zero attached hydrogens (tertiary/aromatic N) is 4. The molecule has 0 aromatic heterocycles. The van der Waals surface area contributed by atoms with Crippen LogP contribution in [0.15, 0.2) is 30.3 Å². The minimum absolute atomic E-state index is 0.165. The van der Waals surface area contributed by atoms with Gasteiger partial charge in [0.15, 0.2) is 0 Å². The van der Waals surface area contributed by atoms with Crippen LogP contribution < -0.4 is 0 Å². The molecule has 8 heteroatoms. The average Bonchev–Trinajstić information content (AvgIpc) is 2.84. The second-order valence-corrected chi connectivity index (χ2v) is 8.94. The van der Waals surface area contributed by atoms with Crippen molar-refractivity contribution in [2.24, 2.45) is 0 Å². The smallest absolute Gasteiger partial charge is 0.320 e. The second kappa shape index (κ2) is 17.8. The summed E-state index contributed by atoms with van der Waals surface area (Å²) in [7, 11) is 1.55. The van der Waals surface area contributed by atoms with E-state index in [2.05, 4.69) is 33.4 Å². The normalized spacial score (nSPS) is 18.3. The van der Waals surface area contributed by atoms with Gasteiger partial charge in [-0.05, 0) is 31.5 Å². The van der Waals surface area contributed by atoms with E-state index in [1.165, 1.54) is 6.42 Å². The standard InChI is InChI=1S/C26H46N4O4/c1-4-11-27-13-14-28(12-5-2)17-19-30(20-18-29(16-15-27)21-22-34-32-3)23-26(31)33-24-25-9-7-6-8-10-25/h6-10H,4-5,11-24H2,1-3H3. The van der Waals surface area contributed by atoms with E-state index in [-0.39, 0.29) is 5.97 Å². The zero-order valence-electron chi connectivity index (χ0n) is 21.6. The predicted octanol–water partition coefficient (Wildman–Crippen LogP) is 2.35. The van der Waals surface area contributed by atoms with Gasteiger partial charge in [0.05, 0.1) is 20.3 Å². The van der Waals surface area contributed by atoms with Crippen LogP contribution in [0, 0.1) is 0 Å². The van der Waals surface area contributed by atoms with E-state index < -0.39 is 0 Å². The molecule has 0 unspecified atom stereocenters. The Hall–Kier alpha value is -1.55. The Kier molecular flexibility index (Phi) is 15.0. The third-order valence-electron chi connectivity index (χ3n) is 6.21. The summed E-state index contributed by atoms with van der Waals surface area (Å²) in [6, 6.07) is 9.85. The van der Waals surface area contributed by atoms with Crippen LogP contribution in [0.25, 0.3) is 0 Å². The number of esters is 1. The Morgan fingerprint density at radius 1 is 0.765 bits per heavy atom. The molecule has 0 spiro atoms. The van der Waals surface area contributed by atoms with Crippen molar-refractivity contribution >= 4 is 5.97 Å². The molecular formula is C26H46N4O4. The highest BCUT2D eigenvalue weighted by Crippen LogP contribution is 2.05. The van der Waals surface area contributed by atoms with E-state index in [4.69, 9.17) is 14.5 Å². The van der Waals surface area contributed by atoms with E-state index in [9.17, 15) is 4.79 Å². The number of carbonyl (C=O) groups is 1. The first-order valence-electron chi connectivity index (χ1n) is 12.9. The first-order valence-corrected chi connectivity index (χ1v) is 12.9. The minimum Gasteiger partial charge on any atom is -0.460 e. The predicted molar refractivity (Wildman–Crippen MR) is 136 cm³/mol. The van der Waals surface area contributed by atoms with E-state index >= 15 is 0 Å². The van der Waals surface area contributed by atoms with Crippen molar-refractivity contribution in [3.63, 3.8) is 0 Å². The van der Waals surface area contributed by atoms with Crippen LogP contribution in [0.5, 0.6) is 0 Å². The van der Waals surface area contributed by atoms with E-state index in [0.29, 0.717) is 19.8 Å². The molecule has 0 bridgehead atoms. The molecule has 0 amide bonds. The fourth-order valence-corrected chi connectivity index (χ4v) is 4.26. The molecular weight excluding hydrogens is 432 g/mol. The van der Waals surface area contributed by atoms with Crippen LogP contribution in [0.3, 0.4) is 0 Å². The summed E-state index contributed by atoms with van der Waals surface area (Å²) in [5.41, 5.74) is 1.01. The van der Waals surface area contributed by atoms with Gasteiger partial charge in [-0.1, -0.05) is 44.2 Å². The molecule has 0 atom stereocenters. The highest BCUT2D eigenvalue weighted by atomic mass is 17.2. The average molecular weight is 479 g/mol. The SMILES string of the molecule is CCCN1CCN(CCC)CCN(CC(=O)OCc2ccccc2)CCN(CCOOC)CC1. The Morgan fingerprint density at radius 3 is 1.76 bits per heavy atom. The lowest BCUT2D eigenvalue weighted by Gasteiger charge is -2.34. The quantitative estimate of drug-likeness (QED) is 0.196. The molecule has 0 aliphatic carbocycles. The molecule has 1 fully saturated rings. The number of rotatable bonds is 12. The van der Waals surface area contributed by atoms with Gasteiger partial charge in [0.25, 0.3) is 0 Å². The van der Waals surface area contributed by atoms with Crippen LogP contribution in [0.1, 0.15) is 32.3 Å². The lowest BCUT2D eigenvalue weighted by molar-refractivity contribution is -0.273. The molecule has 8 nitrogen and oxygen atoms in total. The Bertz CT molecular complexity index is 649. The van der Waals surface area contributed by atoms with Crippen molar-refractivity contribution in [3.8, 4) is 0 Å². The van der Waals surface area contributed by atoms with Crippen molar-refractivity contribution in [3.05, 3.63) is 35.9 Å². The van der Waals surface area contributed by atoms with E-state index in [0.717, 1.165) is 84.0 Å². The monoisotopic (exact) mass is 478 g/mol. The lowest BCUT2D eigenvalue weighted by atomic mass is 10.2. The third kappa shape index (κ3) is 12.2. The Labute approximate surface area is 206 Å². The fourth-order valence-electron chi connectivity index (χ4n) is 4.26. The maximum atomic E-state index is 12.6. The van der Waals surface area contributed by atoms with E-state index in [1.54, 1.807) is 7.11 Å². The van der Waals surface area contributed by atoms with Crippen LogP contribution >= 0.6 is 0 Å². The summed E-state index contributed by atoms with van der Waals surface area (Å²) in [5.74, 6) is -0.165. The highest BCUT2D eigenvalue weighted by Gasteiger charge is 2.18. The molecule has 1 aliphatic heterocycles. The van der Waals surface area contributed by atoms with Gasteiger partial charge in [-0.3, -0.25) is 14.6 Å². The number of ether oxygens (including phenoxy) is 1. The molecule has 194 valence electrons. The fraction of sp³-hybridized carbons (Fsp3) is 0.731. The molecule has 1 aliphatic rings. The van der Waals surface area contributed by atoms with Crippen molar-refractivity contribution < 1.29 is 19.3 Å². The zero-order chi connectivity index (χ0) is 24.4. The molecule has 1 saturated heterocycles. The summed E-state index contributed by atoms with van der Waals surface area (Å²) in [5, 5.41) is 0. The van der Waals surface area contributed by atoms with Crippen LogP contribution in [-0.2, 0) is 25.9 Å². The molecule has 0 saturated carbocycles. The van der Waals surface area contributed by atoms with E-state index in [1.807, 2.05) is 30.3 Å². The van der Waals surface area contributed by atoms with Crippen molar-refractivity contribution in [2.75, 3.05) is 92.3 Å². The number of carbonyl (C=O) groups excluding carboxylic acids is 1. The maximum absolute atomic E-state index is 12.6. The first kappa shape index (κ1) is 28.7. The summed E-state index contributed by atoms with van der Waals surface area (Å²) < 4.78 is 5.57. The second-order valence-electron chi connectivity index (χ2n) is 8.94. The minimum atomic E-state index is -0.165. The molecule has 2 rings (SSSR count). The highest BCUT2D eigenvalue weighted by molar-refractivity contribution is 5.71. The molecule has 34 heavy (non-hydrogen) atoms. The summed E-state index contributed by atoms with van der Waals surface area (Å²) in [6.07, 6.45) is 2.31. The maximum Gasteiger partial charge on any atom is 0.320 e. The molecule has 1 aromatic rings. The van der Waals surface area contributed by atoms with Gasteiger partial charge in [-0.15, -0.1) is 0 Å². The zero-order valence-corrected chi connectivity index (χ0v) is 21.6. The van der Waals surface area contributed by atoms with Gasteiger partial charge in [-0.2, -0.15) is 0 Å². The third-order valence-corrected chi connectivity index (χ3v) is 6.21. The van der Waals surface area contributed by atoms with Gasteiger partial charge in [0.1, 0.15) is 6.61 Å². The van der Waals surface area contributed by atoms with Gasteiger partial charge in [0, 0.05) is 58.9 Å². The molecule has 1 heterocycles. The summed E-state index contributed by atoms with van der Waals surface area (Å²) in [6.45, 7) is 16.4. The number of hydrogen-bond acceptors (Lipinski definition) is 8. The lowest BCUT2D eigenvalue weighted by Crippen LogP contribution is -2.47. The largest absolute Gasteiger partial charge is 0.460 e. The molecule has 1 aromatic carbocycles. The van der Waals surface area contributed by atoms with Crippen molar-refractivity contribution in [2.45, 2.75) is 33.3 Å². The first-order chi connectivity index (χ1) is 16.6.